The van der Waals surface area contributed by atoms with E-state index < -0.39 is 0 Å². The minimum atomic E-state index is -0.121. The van der Waals surface area contributed by atoms with Gasteiger partial charge in [0, 0.05) is 31.5 Å². The van der Waals surface area contributed by atoms with Crippen LogP contribution in [0.5, 0.6) is 0 Å². The van der Waals surface area contributed by atoms with E-state index in [0.29, 0.717) is 17.7 Å². The summed E-state index contributed by atoms with van der Waals surface area (Å²) in [6.45, 7) is 9.65. The van der Waals surface area contributed by atoms with Crippen molar-refractivity contribution >= 4 is 11.8 Å². The molecule has 2 amide bonds. The molecule has 2 N–H and O–H groups in total. The number of aromatic nitrogens is 3. The Hall–Kier alpha value is -2.70. The summed E-state index contributed by atoms with van der Waals surface area (Å²) >= 11 is 0. The number of hydrogen-bond acceptors (Lipinski definition) is 4. The lowest BCUT2D eigenvalue weighted by molar-refractivity contribution is 0.0904. The Kier molecular flexibility index (Phi) is 5.82. The summed E-state index contributed by atoms with van der Waals surface area (Å²) in [4.78, 5) is 29.0. The Labute approximate surface area is 165 Å². The zero-order valence-electron chi connectivity index (χ0n) is 17.0. The molecule has 28 heavy (non-hydrogen) atoms. The lowest BCUT2D eigenvalue weighted by Gasteiger charge is -2.28. The molecule has 3 heterocycles. The normalized spacial score (nSPS) is 17.5. The SMILES string of the molecule is CC(NC(=O)c1cnn2c1CC(CNC(=O)c1cccnc1)CC2)C(C)(C)C. The molecule has 1 aliphatic heterocycles. The summed E-state index contributed by atoms with van der Waals surface area (Å²) in [6, 6.07) is 3.54. The molecule has 7 nitrogen and oxygen atoms in total. The first-order chi connectivity index (χ1) is 13.3. The second-order valence-electron chi connectivity index (χ2n) is 8.60. The van der Waals surface area contributed by atoms with E-state index in [-0.39, 0.29) is 29.2 Å². The van der Waals surface area contributed by atoms with Crippen molar-refractivity contribution in [2.75, 3.05) is 6.54 Å². The molecule has 0 aromatic carbocycles. The van der Waals surface area contributed by atoms with E-state index in [4.69, 9.17) is 0 Å². The van der Waals surface area contributed by atoms with Crippen molar-refractivity contribution in [1.82, 2.24) is 25.4 Å². The molecule has 0 spiro atoms. The van der Waals surface area contributed by atoms with Crippen LogP contribution in [0.2, 0.25) is 0 Å². The number of carbonyl (C=O) groups is 2. The Balaban J connectivity index is 1.62. The van der Waals surface area contributed by atoms with Gasteiger partial charge in [-0.1, -0.05) is 20.8 Å². The van der Waals surface area contributed by atoms with Crippen LogP contribution in [-0.4, -0.2) is 39.2 Å². The fraction of sp³-hybridized carbons (Fsp3) is 0.524. The third-order valence-corrected chi connectivity index (χ3v) is 5.55. The van der Waals surface area contributed by atoms with Gasteiger partial charge < -0.3 is 10.6 Å². The van der Waals surface area contributed by atoms with Crippen LogP contribution in [0.1, 0.15) is 60.5 Å². The molecule has 1 aliphatic rings. The van der Waals surface area contributed by atoms with Gasteiger partial charge in [-0.2, -0.15) is 5.10 Å². The molecular formula is C21H29N5O2. The highest BCUT2D eigenvalue weighted by atomic mass is 16.2. The van der Waals surface area contributed by atoms with Gasteiger partial charge in [0.15, 0.2) is 0 Å². The smallest absolute Gasteiger partial charge is 0.254 e. The molecule has 0 saturated heterocycles. The van der Waals surface area contributed by atoms with Gasteiger partial charge in [0.05, 0.1) is 23.0 Å². The number of nitrogens with one attached hydrogen (secondary N) is 2. The lowest BCUT2D eigenvalue weighted by Crippen LogP contribution is -2.42. The topological polar surface area (TPSA) is 88.9 Å². The molecule has 2 unspecified atom stereocenters. The van der Waals surface area contributed by atoms with Crippen molar-refractivity contribution in [3.63, 3.8) is 0 Å². The second kappa shape index (κ2) is 8.12. The maximum atomic E-state index is 12.8. The van der Waals surface area contributed by atoms with Crippen molar-refractivity contribution in [2.24, 2.45) is 11.3 Å². The Morgan fingerprint density at radius 3 is 2.75 bits per heavy atom. The molecule has 3 rings (SSSR count). The van der Waals surface area contributed by atoms with E-state index in [1.54, 1.807) is 30.7 Å². The van der Waals surface area contributed by atoms with Crippen LogP contribution in [0.25, 0.3) is 0 Å². The summed E-state index contributed by atoms with van der Waals surface area (Å²) in [7, 11) is 0. The Morgan fingerprint density at radius 2 is 2.07 bits per heavy atom. The summed E-state index contributed by atoms with van der Waals surface area (Å²) in [6.07, 6.45) is 6.51. The highest BCUT2D eigenvalue weighted by Crippen LogP contribution is 2.24. The van der Waals surface area contributed by atoms with Crippen LogP contribution in [0.15, 0.2) is 30.7 Å². The number of pyridine rings is 1. The summed E-state index contributed by atoms with van der Waals surface area (Å²) in [5.74, 6) is 0.0734. The largest absolute Gasteiger partial charge is 0.352 e. The van der Waals surface area contributed by atoms with E-state index in [9.17, 15) is 9.59 Å². The number of fused-ring (bicyclic) bond motifs is 1. The lowest BCUT2D eigenvalue weighted by atomic mass is 9.87. The van der Waals surface area contributed by atoms with E-state index in [2.05, 4.69) is 41.5 Å². The minimum absolute atomic E-state index is 0.0119. The zero-order valence-corrected chi connectivity index (χ0v) is 17.0. The van der Waals surface area contributed by atoms with E-state index in [1.165, 1.54) is 0 Å². The van der Waals surface area contributed by atoms with Crippen molar-refractivity contribution in [2.45, 2.75) is 53.1 Å². The van der Waals surface area contributed by atoms with Crippen molar-refractivity contribution < 1.29 is 9.59 Å². The van der Waals surface area contributed by atoms with Crippen LogP contribution >= 0.6 is 0 Å². The number of rotatable bonds is 5. The van der Waals surface area contributed by atoms with Gasteiger partial charge in [-0.3, -0.25) is 19.3 Å². The average molecular weight is 383 g/mol. The van der Waals surface area contributed by atoms with E-state index in [0.717, 1.165) is 25.1 Å². The molecule has 0 radical (unpaired) electrons. The Morgan fingerprint density at radius 1 is 1.29 bits per heavy atom. The highest BCUT2D eigenvalue weighted by Gasteiger charge is 2.28. The number of carbonyl (C=O) groups excluding carboxylic acids is 2. The number of hydrogen-bond donors (Lipinski definition) is 2. The molecule has 0 fully saturated rings. The van der Waals surface area contributed by atoms with Gasteiger partial charge in [-0.25, -0.2) is 0 Å². The number of amides is 2. The van der Waals surface area contributed by atoms with E-state index >= 15 is 0 Å². The predicted octanol–water partition coefficient (Wildman–Crippen LogP) is 2.43. The molecule has 7 heteroatoms. The first kappa shape index (κ1) is 20.0. The quantitative estimate of drug-likeness (QED) is 0.830. The molecule has 0 bridgehead atoms. The van der Waals surface area contributed by atoms with Gasteiger partial charge in [0.2, 0.25) is 0 Å². The Bertz CT molecular complexity index is 838. The zero-order chi connectivity index (χ0) is 20.3. The average Bonchev–Trinajstić information content (AvgIpc) is 3.09. The third-order valence-electron chi connectivity index (χ3n) is 5.55. The first-order valence-electron chi connectivity index (χ1n) is 9.79. The highest BCUT2D eigenvalue weighted by molar-refractivity contribution is 5.95. The molecule has 0 saturated carbocycles. The molecule has 2 aromatic rings. The van der Waals surface area contributed by atoms with Gasteiger partial charge in [0.25, 0.3) is 11.8 Å². The van der Waals surface area contributed by atoms with Gasteiger partial charge in [0.1, 0.15) is 0 Å². The summed E-state index contributed by atoms with van der Waals surface area (Å²) in [5, 5.41) is 10.5. The maximum absolute atomic E-state index is 12.8. The summed E-state index contributed by atoms with van der Waals surface area (Å²) in [5.41, 5.74) is 2.13. The van der Waals surface area contributed by atoms with E-state index in [1.807, 2.05) is 11.6 Å². The van der Waals surface area contributed by atoms with Crippen LogP contribution in [0.3, 0.4) is 0 Å². The standard InChI is InChI=1S/C21H29N5O2/c1-14(21(2,3)4)25-20(28)17-13-24-26-9-7-15(10-18(17)26)11-23-19(27)16-6-5-8-22-12-16/h5-6,8,12-15H,7,9-11H2,1-4H3,(H,23,27)(H,25,28). The number of nitrogens with zero attached hydrogens (tertiary/aromatic N) is 3. The number of aryl methyl sites for hydroxylation is 1. The maximum Gasteiger partial charge on any atom is 0.254 e. The van der Waals surface area contributed by atoms with Crippen molar-refractivity contribution in [3.8, 4) is 0 Å². The van der Waals surface area contributed by atoms with Crippen molar-refractivity contribution in [3.05, 3.63) is 47.5 Å². The summed E-state index contributed by atoms with van der Waals surface area (Å²) < 4.78 is 1.91. The van der Waals surface area contributed by atoms with Crippen LogP contribution in [0, 0.1) is 11.3 Å². The molecule has 2 atom stereocenters. The van der Waals surface area contributed by atoms with Gasteiger partial charge in [-0.05, 0) is 43.2 Å². The van der Waals surface area contributed by atoms with Gasteiger partial charge in [-0.15, -0.1) is 0 Å². The molecule has 2 aromatic heterocycles. The third kappa shape index (κ3) is 4.58. The van der Waals surface area contributed by atoms with Gasteiger partial charge >= 0.3 is 0 Å². The first-order valence-corrected chi connectivity index (χ1v) is 9.79. The predicted molar refractivity (Wildman–Crippen MR) is 107 cm³/mol. The monoisotopic (exact) mass is 383 g/mol. The van der Waals surface area contributed by atoms with Crippen LogP contribution < -0.4 is 10.6 Å². The second-order valence-corrected chi connectivity index (χ2v) is 8.60. The fourth-order valence-corrected chi connectivity index (χ4v) is 3.19. The van der Waals surface area contributed by atoms with Crippen LogP contribution in [0.4, 0.5) is 0 Å². The fourth-order valence-electron chi connectivity index (χ4n) is 3.19. The van der Waals surface area contributed by atoms with Crippen molar-refractivity contribution in [1.29, 1.82) is 0 Å². The molecule has 0 aliphatic carbocycles. The molecule has 150 valence electrons. The molecular weight excluding hydrogens is 354 g/mol. The minimum Gasteiger partial charge on any atom is -0.352 e. The van der Waals surface area contributed by atoms with Crippen LogP contribution in [-0.2, 0) is 13.0 Å².